The first kappa shape index (κ1) is 16.6. The highest BCUT2D eigenvalue weighted by Crippen LogP contribution is 2.10. The molecule has 6 nitrogen and oxygen atoms in total. The number of rotatable bonds is 8. The third-order valence-electron chi connectivity index (χ3n) is 3.19. The summed E-state index contributed by atoms with van der Waals surface area (Å²) in [6.45, 7) is 3.54. The van der Waals surface area contributed by atoms with Crippen LogP contribution in [0.4, 0.5) is 0 Å². The van der Waals surface area contributed by atoms with Crippen molar-refractivity contribution in [2.75, 3.05) is 5.75 Å². The van der Waals surface area contributed by atoms with Gasteiger partial charge in [-0.1, -0.05) is 20.3 Å². The van der Waals surface area contributed by atoms with E-state index in [9.17, 15) is 13.2 Å². The van der Waals surface area contributed by atoms with Crippen LogP contribution in [0.25, 0.3) is 0 Å². The standard InChI is InChI=1S/C13H20N2O4S/c1-3-10(2)12(13(16)17)15-20(18,19)9-6-11-4-7-14-8-5-11/h4-5,7-8,10,12,15H,3,6,9H2,1-2H3,(H,16,17)/t10?,12-/m0/s1. The highest BCUT2D eigenvalue weighted by atomic mass is 32.2. The van der Waals surface area contributed by atoms with Gasteiger partial charge in [0, 0.05) is 12.4 Å². The Morgan fingerprint density at radius 3 is 2.50 bits per heavy atom. The Morgan fingerprint density at radius 1 is 1.40 bits per heavy atom. The van der Waals surface area contributed by atoms with Gasteiger partial charge >= 0.3 is 5.97 Å². The van der Waals surface area contributed by atoms with Crippen LogP contribution in [0.2, 0.25) is 0 Å². The minimum absolute atomic E-state index is 0.142. The molecule has 0 bridgehead atoms. The normalized spacial score (nSPS) is 14.7. The lowest BCUT2D eigenvalue weighted by atomic mass is 10.0. The van der Waals surface area contributed by atoms with Gasteiger partial charge in [-0.25, -0.2) is 13.1 Å². The molecule has 2 atom stereocenters. The largest absolute Gasteiger partial charge is 0.480 e. The molecule has 0 amide bonds. The Hall–Kier alpha value is -1.47. The molecule has 0 spiro atoms. The summed E-state index contributed by atoms with van der Waals surface area (Å²) in [6, 6.07) is 2.39. The van der Waals surface area contributed by atoms with Crippen LogP contribution in [0.3, 0.4) is 0 Å². The number of hydrogen-bond acceptors (Lipinski definition) is 4. The molecule has 1 unspecified atom stereocenters. The Bertz CT molecular complexity index is 531. The summed E-state index contributed by atoms with van der Waals surface area (Å²) in [5.41, 5.74) is 0.848. The van der Waals surface area contributed by atoms with E-state index >= 15 is 0 Å². The van der Waals surface area contributed by atoms with Crippen molar-refractivity contribution in [2.24, 2.45) is 5.92 Å². The maximum Gasteiger partial charge on any atom is 0.322 e. The first-order chi connectivity index (χ1) is 9.35. The second kappa shape index (κ2) is 7.35. The summed E-state index contributed by atoms with van der Waals surface area (Å²) in [5.74, 6) is -1.55. The fourth-order valence-electron chi connectivity index (χ4n) is 1.70. The summed E-state index contributed by atoms with van der Waals surface area (Å²) >= 11 is 0. The van der Waals surface area contributed by atoms with Crippen LogP contribution in [0.1, 0.15) is 25.8 Å². The van der Waals surface area contributed by atoms with Gasteiger partial charge < -0.3 is 5.11 Å². The van der Waals surface area contributed by atoms with Gasteiger partial charge in [-0.05, 0) is 30.0 Å². The number of aliphatic carboxylic acids is 1. The second-order valence-electron chi connectivity index (χ2n) is 4.74. The van der Waals surface area contributed by atoms with E-state index < -0.39 is 22.0 Å². The van der Waals surface area contributed by atoms with Gasteiger partial charge in [0.2, 0.25) is 10.0 Å². The Balaban J connectivity index is 2.66. The zero-order valence-electron chi connectivity index (χ0n) is 11.6. The van der Waals surface area contributed by atoms with Crippen LogP contribution in [0.15, 0.2) is 24.5 Å². The van der Waals surface area contributed by atoms with Gasteiger partial charge in [0.25, 0.3) is 0 Å². The molecule has 1 aromatic heterocycles. The lowest BCUT2D eigenvalue weighted by molar-refractivity contribution is -0.140. The summed E-state index contributed by atoms with van der Waals surface area (Å²) in [5, 5.41) is 9.09. The molecule has 1 heterocycles. The van der Waals surface area contributed by atoms with Gasteiger partial charge in [-0.3, -0.25) is 9.78 Å². The number of sulfonamides is 1. The number of carbonyl (C=O) groups is 1. The van der Waals surface area contributed by atoms with E-state index in [1.807, 2.05) is 6.92 Å². The van der Waals surface area contributed by atoms with Crippen molar-refractivity contribution in [1.82, 2.24) is 9.71 Å². The van der Waals surface area contributed by atoms with Crippen molar-refractivity contribution in [3.63, 3.8) is 0 Å². The number of hydrogen-bond donors (Lipinski definition) is 2. The van der Waals surface area contributed by atoms with Crippen molar-refractivity contribution in [3.8, 4) is 0 Å². The van der Waals surface area contributed by atoms with E-state index in [4.69, 9.17) is 5.11 Å². The number of carboxylic acid groups (broad SMARTS) is 1. The van der Waals surface area contributed by atoms with Gasteiger partial charge in [0.1, 0.15) is 6.04 Å². The van der Waals surface area contributed by atoms with E-state index in [2.05, 4.69) is 9.71 Å². The lowest BCUT2D eigenvalue weighted by Gasteiger charge is -2.20. The molecule has 0 fully saturated rings. The smallest absolute Gasteiger partial charge is 0.322 e. The van der Waals surface area contributed by atoms with Crippen LogP contribution in [0, 0.1) is 5.92 Å². The molecular weight excluding hydrogens is 280 g/mol. The molecule has 0 saturated heterocycles. The van der Waals surface area contributed by atoms with Crippen molar-refractivity contribution in [1.29, 1.82) is 0 Å². The third-order valence-corrected chi connectivity index (χ3v) is 4.55. The fourth-order valence-corrected chi connectivity index (χ4v) is 3.04. The van der Waals surface area contributed by atoms with E-state index in [0.717, 1.165) is 5.56 Å². The predicted octanol–water partition coefficient (Wildman–Crippen LogP) is 1.04. The molecule has 0 saturated carbocycles. The molecular formula is C13H20N2O4S. The Morgan fingerprint density at radius 2 is 2.00 bits per heavy atom. The number of pyridine rings is 1. The molecule has 2 N–H and O–H groups in total. The highest BCUT2D eigenvalue weighted by Gasteiger charge is 2.28. The van der Waals surface area contributed by atoms with E-state index in [1.54, 1.807) is 31.5 Å². The van der Waals surface area contributed by atoms with Crippen LogP contribution in [0.5, 0.6) is 0 Å². The zero-order valence-corrected chi connectivity index (χ0v) is 12.4. The van der Waals surface area contributed by atoms with Crippen molar-refractivity contribution >= 4 is 16.0 Å². The summed E-state index contributed by atoms with van der Waals surface area (Å²) in [7, 11) is -3.63. The first-order valence-electron chi connectivity index (χ1n) is 6.47. The SMILES string of the molecule is CCC(C)[C@H](NS(=O)(=O)CCc1ccncc1)C(=O)O. The van der Waals surface area contributed by atoms with Gasteiger partial charge in [0.05, 0.1) is 5.75 Å². The monoisotopic (exact) mass is 300 g/mol. The van der Waals surface area contributed by atoms with Crippen LogP contribution in [-0.4, -0.2) is 36.3 Å². The molecule has 0 aliphatic rings. The molecule has 0 aromatic carbocycles. The molecule has 112 valence electrons. The summed E-state index contributed by atoms with van der Waals surface area (Å²) < 4.78 is 26.2. The summed E-state index contributed by atoms with van der Waals surface area (Å²) in [6.07, 6.45) is 4.09. The number of carboxylic acids is 1. The quantitative estimate of drug-likeness (QED) is 0.748. The maximum atomic E-state index is 11.9. The third kappa shape index (κ3) is 5.26. The van der Waals surface area contributed by atoms with Crippen LogP contribution in [-0.2, 0) is 21.2 Å². The second-order valence-corrected chi connectivity index (χ2v) is 6.62. The topological polar surface area (TPSA) is 96.4 Å². The average molecular weight is 300 g/mol. The van der Waals surface area contributed by atoms with Crippen molar-refractivity contribution in [3.05, 3.63) is 30.1 Å². The molecule has 20 heavy (non-hydrogen) atoms. The molecule has 1 rings (SSSR count). The highest BCUT2D eigenvalue weighted by molar-refractivity contribution is 7.89. The van der Waals surface area contributed by atoms with E-state index in [-0.39, 0.29) is 11.7 Å². The predicted molar refractivity (Wildman–Crippen MR) is 75.7 cm³/mol. The zero-order chi connectivity index (χ0) is 15.2. The molecule has 0 aliphatic heterocycles. The molecule has 0 aliphatic carbocycles. The fraction of sp³-hybridized carbons (Fsp3) is 0.538. The first-order valence-corrected chi connectivity index (χ1v) is 8.12. The Labute approximate surface area is 119 Å². The number of aromatic nitrogens is 1. The van der Waals surface area contributed by atoms with Gasteiger partial charge in [-0.15, -0.1) is 0 Å². The molecule has 7 heteroatoms. The minimum atomic E-state index is -3.63. The van der Waals surface area contributed by atoms with Crippen molar-refractivity contribution in [2.45, 2.75) is 32.7 Å². The van der Waals surface area contributed by atoms with E-state index in [1.165, 1.54) is 0 Å². The van der Waals surface area contributed by atoms with Gasteiger partial charge in [-0.2, -0.15) is 0 Å². The molecule has 1 aromatic rings. The van der Waals surface area contributed by atoms with Crippen molar-refractivity contribution < 1.29 is 18.3 Å². The number of aryl methyl sites for hydroxylation is 1. The molecule has 0 radical (unpaired) electrons. The lowest BCUT2D eigenvalue weighted by Crippen LogP contribution is -2.45. The Kier molecular flexibility index (Phi) is 6.09. The number of nitrogens with zero attached hydrogens (tertiary/aromatic N) is 1. The van der Waals surface area contributed by atoms with E-state index in [0.29, 0.717) is 12.8 Å². The van der Waals surface area contributed by atoms with Gasteiger partial charge in [0.15, 0.2) is 0 Å². The minimum Gasteiger partial charge on any atom is -0.480 e. The summed E-state index contributed by atoms with van der Waals surface area (Å²) in [4.78, 5) is 15.0. The average Bonchev–Trinajstić information content (AvgIpc) is 2.43. The van der Waals surface area contributed by atoms with Crippen LogP contribution < -0.4 is 4.72 Å². The number of nitrogens with one attached hydrogen (secondary N) is 1. The maximum absolute atomic E-state index is 11.9. The van der Waals surface area contributed by atoms with Crippen LogP contribution >= 0.6 is 0 Å².